The highest BCUT2D eigenvalue weighted by Crippen LogP contribution is 2.35. The van der Waals surface area contributed by atoms with Gasteiger partial charge in [-0.15, -0.1) is 0 Å². The molecule has 0 bridgehead atoms. The van der Waals surface area contributed by atoms with Crippen molar-refractivity contribution in [2.75, 3.05) is 6.54 Å². The Morgan fingerprint density at radius 3 is 2.76 bits per heavy atom. The molecule has 0 radical (unpaired) electrons. The van der Waals surface area contributed by atoms with E-state index in [1.807, 2.05) is 11.7 Å². The van der Waals surface area contributed by atoms with Crippen molar-refractivity contribution in [2.24, 2.45) is 30.5 Å². The van der Waals surface area contributed by atoms with Crippen LogP contribution in [-0.2, 0) is 13.5 Å². The molecule has 3 unspecified atom stereocenters. The van der Waals surface area contributed by atoms with Crippen molar-refractivity contribution >= 4 is 0 Å². The fraction of sp³-hybridized carbons (Fsp3) is 0.786. The summed E-state index contributed by atoms with van der Waals surface area (Å²) in [5, 5.41) is 4.43. The maximum atomic E-state index is 5.91. The van der Waals surface area contributed by atoms with Crippen molar-refractivity contribution in [3.63, 3.8) is 0 Å². The van der Waals surface area contributed by atoms with Crippen LogP contribution in [0.4, 0.5) is 0 Å². The Balaban J connectivity index is 2.07. The zero-order chi connectivity index (χ0) is 12.4. The van der Waals surface area contributed by atoms with Gasteiger partial charge >= 0.3 is 0 Å². The molecule has 2 rings (SSSR count). The molecule has 3 atom stereocenters. The second kappa shape index (κ2) is 5.21. The van der Waals surface area contributed by atoms with Crippen LogP contribution < -0.4 is 5.73 Å². The van der Waals surface area contributed by atoms with Gasteiger partial charge in [-0.05, 0) is 56.6 Å². The average Bonchev–Trinajstić information content (AvgIpc) is 2.58. The van der Waals surface area contributed by atoms with Gasteiger partial charge in [0.05, 0.1) is 5.69 Å². The van der Waals surface area contributed by atoms with E-state index in [1.165, 1.54) is 25.0 Å². The number of aryl methyl sites for hydroxylation is 2. The molecular weight excluding hydrogens is 210 g/mol. The van der Waals surface area contributed by atoms with Crippen molar-refractivity contribution in [1.82, 2.24) is 9.78 Å². The monoisotopic (exact) mass is 235 g/mol. The normalized spacial score (nSPS) is 29.5. The first kappa shape index (κ1) is 12.6. The second-order valence-electron chi connectivity index (χ2n) is 5.78. The molecule has 2 N–H and O–H groups in total. The summed E-state index contributed by atoms with van der Waals surface area (Å²) >= 11 is 0. The number of rotatable bonds is 3. The number of nitrogens with two attached hydrogens (primary N) is 1. The van der Waals surface area contributed by atoms with Crippen LogP contribution >= 0.6 is 0 Å². The molecule has 1 aromatic heterocycles. The SMILES string of the molecule is Cc1cc(CC2CC(C)CCC2CN)n(C)n1. The van der Waals surface area contributed by atoms with Crippen LogP contribution in [0, 0.1) is 24.7 Å². The van der Waals surface area contributed by atoms with Crippen LogP contribution in [0.25, 0.3) is 0 Å². The summed E-state index contributed by atoms with van der Waals surface area (Å²) in [7, 11) is 2.05. The third kappa shape index (κ3) is 2.89. The van der Waals surface area contributed by atoms with Gasteiger partial charge in [0.2, 0.25) is 0 Å². The first-order chi connectivity index (χ1) is 8.10. The molecule has 0 amide bonds. The van der Waals surface area contributed by atoms with Gasteiger partial charge in [0.25, 0.3) is 0 Å². The van der Waals surface area contributed by atoms with Gasteiger partial charge in [-0.25, -0.2) is 0 Å². The summed E-state index contributed by atoms with van der Waals surface area (Å²) in [4.78, 5) is 0. The molecule has 0 aromatic carbocycles. The summed E-state index contributed by atoms with van der Waals surface area (Å²) in [5.41, 5.74) is 8.40. The standard InChI is InChI=1S/C14H25N3/c1-10-4-5-12(9-15)13(6-10)8-14-7-11(2)16-17(14)3/h7,10,12-13H,4-6,8-9,15H2,1-3H3. The molecule has 1 saturated carbocycles. The van der Waals surface area contributed by atoms with Crippen molar-refractivity contribution in [3.05, 3.63) is 17.5 Å². The van der Waals surface area contributed by atoms with Crippen molar-refractivity contribution < 1.29 is 0 Å². The van der Waals surface area contributed by atoms with E-state index in [0.717, 1.165) is 30.5 Å². The van der Waals surface area contributed by atoms with Gasteiger partial charge < -0.3 is 5.73 Å². The topological polar surface area (TPSA) is 43.8 Å². The Morgan fingerprint density at radius 2 is 2.18 bits per heavy atom. The molecule has 0 spiro atoms. The lowest BCUT2D eigenvalue weighted by Gasteiger charge is -2.34. The van der Waals surface area contributed by atoms with E-state index >= 15 is 0 Å². The van der Waals surface area contributed by atoms with Crippen LogP contribution in [0.1, 0.15) is 37.6 Å². The maximum Gasteiger partial charge on any atom is 0.0596 e. The molecule has 1 aromatic rings. The third-order valence-electron chi connectivity index (χ3n) is 4.28. The zero-order valence-electron chi connectivity index (χ0n) is 11.3. The summed E-state index contributed by atoms with van der Waals surface area (Å²) < 4.78 is 2.03. The van der Waals surface area contributed by atoms with Gasteiger partial charge in [0.1, 0.15) is 0 Å². The first-order valence-electron chi connectivity index (χ1n) is 6.79. The van der Waals surface area contributed by atoms with Crippen LogP contribution in [0.3, 0.4) is 0 Å². The molecule has 1 aliphatic rings. The molecule has 1 fully saturated rings. The zero-order valence-corrected chi connectivity index (χ0v) is 11.3. The highest BCUT2D eigenvalue weighted by atomic mass is 15.3. The first-order valence-corrected chi connectivity index (χ1v) is 6.79. The number of hydrogen-bond acceptors (Lipinski definition) is 2. The largest absolute Gasteiger partial charge is 0.330 e. The van der Waals surface area contributed by atoms with E-state index in [4.69, 9.17) is 5.73 Å². The Kier molecular flexibility index (Phi) is 3.87. The molecular formula is C14H25N3. The van der Waals surface area contributed by atoms with E-state index in [9.17, 15) is 0 Å². The number of nitrogens with zero attached hydrogens (tertiary/aromatic N) is 2. The van der Waals surface area contributed by atoms with Crippen molar-refractivity contribution in [1.29, 1.82) is 0 Å². The predicted molar refractivity (Wildman–Crippen MR) is 70.7 cm³/mol. The van der Waals surface area contributed by atoms with Crippen LogP contribution in [0.15, 0.2) is 6.07 Å². The fourth-order valence-electron chi connectivity index (χ4n) is 3.25. The van der Waals surface area contributed by atoms with Crippen molar-refractivity contribution in [2.45, 2.75) is 39.5 Å². The smallest absolute Gasteiger partial charge is 0.0596 e. The van der Waals surface area contributed by atoms with Gasteiger partial charge in [0.15, 0.2) is 0 Å². The minimum absolute atomic E-state index is 0.710. The van der Waals surface area contributed by atoms with E-state index in [0.29, 0.717) is 5.92 Å². The average molecular weight is 235 g/mol. The highest BCUT2D eigenvalue weighted by Gasteiger charge is 2.28. The van der Waals surface area contributed by atoms with E-state index < -0.39 is 0 Å². The lowest BCUT2D eigenvalue weighted by atomic mass is 9.73. The van der Waals surface area contributed by atoms with E-state index in [2.05, 4.69) is 25.0 Å². The van der Waals surface area contributed by atoms with Crippen LogP contribution in [-0.4, -0.2) is 16.3 Å². The summed E-state index contributed by atoms with van der Waals surface area (Å²) in [5.74, 6) is 2.32. The maximum absolute atomic E-state index is 5.91. The minimum atomic E-state index is 0.710. The predicted octanol–water partition coefficient (Wildman–Crippen LogP) is 2.28. The minimum Gasteiger partial charge on any atom is -0.330 e. The van der Waals surface area contributed by atoms with Gasteiger partial charge in [-0.1, -0.05) is 13.3 Å². The lowest BCUT2D eigenvalue weighted by Crippen LogP contribution is -2.31. The Hall–Kier alpha value is -0.830. The molecule has 3 heteroatoms. The van der Waals surface area contributed by atoms with Gasteiger partial charge in [-0.2, -0.15) is 5.10 Å². The number of hydrogen-bond donors (Lipinski definition) is 1. The van der Waals surface area contributed by atoms with Crippen molar-refractivity contribution in [3.8, 4) is 0 Å². The second-order valence-corrected chi connectivity index (χ2v) is 5.78. The molecule has 1 aliphatic carbocycles. The Bertz CT molecular complexity index is 370. The molecule has 96 valence electrons. The summed E-state index contributed by atoms with van der Waals surface area (Å²) in [6.45, 7) is 5.27. The van der Waals surface area contributed by atoms with Gasteiger partial charge in [0, 0.05) is 12.7 Å². The molecule has 17 heavy (non-hydrogen) atoms. The molecule has 1 heterocycles. The van der Waals surface area contributed by atoms with E-state index in [1.54, 1.807) is 0 Å². The van der Waals surface area contributed by atoms with Crippen LogP contribution in [0.2, 0.25) is 0 Å². The summed E-state index contributed by atoms with van der Waals surface area (Å²) in [6.07, 6.45) is 5.12. The molecule has 3 nitrogen and oxygen atoms in total. The summed E-state index contributed by atoms with van der Waals surface area (Å²) in [6, 6.07) is 2.22. The van der Waals surface area contributed by atoms with E-state index in [-0.39, 0.29) is 0 Å². The quantitative estimate of drug-likeness (QED) is 0.873. The Labute approximate surface area is 104 Å². The molecule has 0 aliphatic heterocycles. The highest BCUT2D eigenvalue weighted by molar-refractivity contribution is 5.10. The third-order valence-corrected chi connectivity index (χ3v) is 4.28. The van der Waals surface area contributed by atoms with Gasteiger partial charge in [-0.3, -0.25) is 4.68 Å². The lowest BCUT2D eigenvalue weighted by molar-refractivity contribution is 0.191. The number of aromatic nitrogens is 2. The molecule has 0 saturated heterocycles. The fourth-order valence-corrected chi connectivity index (χ4v) is 3.25. The van der Waals surface area contributed by atoms with Crippen LogP contribution in [0.5, 0.6) is 0 Å². The Morgan fingerprint density at radius 1 is 1.41 bits per heavy atom.